The van der Waals surface area contributed by atoms with E-state index in [-0.39, 0.29) is 23.8 Å². The molecule has 0 bridgehead atoms. The van der Waals surface area contributed by atoms with E-state index in [1.54, 1.807) is 17.1 Å². The fourth-order valence-electron chi connectivity index (χ4n) is 4.46. The van der Waals surface area contributed by atoms with Gasteiger partial charge in [-0.15, -0.1) is 0 Å². The van der Waals surface area contributed by atoms with Gasteiger partial charge in [-0.3, -0.25) is 14.3 Å². The molecular formula is C24H33N5O3. The van der Waals surface area contributed by atoms with E-state index in [9.17, 15) is 9.59 Å². The minimum Gasteiger partial charge on any atom is -0.490 e. The van der Waals surface area contributed by atoms with Crippen molar-refractivity contribution in [2.75, 3.05) is 46.3 Å². The summed E-state index contributed by atoms with van der Waals surface area (Å²) in [6, 6.07) is 9.73. The number of likely N-dealkylation sites (N-methyl/N-ethyl adjacent to an activating group) is 1. The highest BCUT2D eigenvalue weighted by Crippen LogP contribution is 2.27. The molecule has 0 unspecified atom stereocenters. The molecule has 2 fully saturated rings. The average Bonchev–Trinajstić information content (AvgIpc) is 3.30. The fraction of sp³-hybridized carbons (Fsp3) is 0.542. The molecule has 2 atom stereocenters. The van der Waals surface area contributed by atoms with E-state index < -0.39 is 0 Å². The number of para-hydroxylation sites is 1. The summed E-state index contributed by atoms with van der Waals surface area (Å²) in [6.45, 7) is 7.13. The molecule has 0 radical (unpaired) electrons. The fourth-order valence-corrected chi connectivity index (χ4v) is 4.46. The second-order valence-electron chi connectivity index (χ2n) is 8.74. The van der Waals surface area contributed by atoms with Gasteiger partial charge in [-0.05, 0) is 26.1 Å². The Balaban J connectivity index is 1.46. The zero-order chi connectivity index (χ0) is 22.5. The van der Waals surface area contributed by atoms with Crippen LogP contribution in [0.5, 0.6) is 5.75 Å². The lowest BCUT2D eigenvalue weighted by molar-refractivity contribution is -0.135. The summed E-state index contributed by atoms with van der Waals surface area (Å²) in [6.07, 6.45) is 4.40. The van der Waals surface area contributed by atoms with Crippen molar-refractivity contribution in [2.45, 2.75) is 32.4 Å². The number of carbonyl (C=O) groups excluding carboxylic acids is 2. The van der Waals surface area contributed by atoms with Gasteiger partial charge in [-0.2, -0.15) is 5.10 Å². The molecule has 1 aromatic carbocycles. The number of aromatic nitrogens is 2. The Morgan fingerprint density at radius 3 is 2.50 bits per heavy atom. The Kier molecular flexibility index (Phi) is 7.09. The number of piperidine rings is 1. The summed E-state index contributed by atoms with van der Waals surface area (Å²) >= 11 is 0. The third-order valence-electron chi connectivity index (χ3n) is 6.48. The maximum absolute atomic E-state index is 13.1. The maximum atomic E-state index is 13.1. The molecule has 0 spiro atoms. The molecule has 1 aromatic heterocycles. The summed E-state index contributed by atoms with van der Waals surface area (Å²) in [5, 5.41) is 4.24. The first-order chi connectivity index (χ1) is 15.5. The third-order valence-corrected chi connectivity index (χ3v) is 6.48. The first-order valence-corrected chi connectivity index (χ1v) is 11.5. The largest absolute Gasteiger partial charge is 0.490 e. The van der Waals surface area contributed by atoms with E-state index in [4.69, 9.17) is 4.74 Å². The van der Waals surface area contributed by atoms with Gasteiger partial charge in [0.2, 0.25) is 5.91 Å². The zero-order valence-electron chi connectivity index (χ0n) is 19.0. The van der Waals surface area contributed by atoms with Crippen molar-refractivity contribution in [1.29, 1.82) is 0 Å². The van der Waals surface area contributed by atoms with Crippen LogP contribution in [-0.4, -0.2) is 88.7 Å². The Morgan fingerprint density at radius 2 is 1.81 bits per heavy atom. The van der Waals surface area contributed by atoms with Crippen molar-refractivity contribution in [3.63, 3.8) is 0 Å². The van der Waals surface area contributed by atoms with Gasteiger partial charge < -0.3 is 19.4 Å². The SMILES string of the molecule is CCn1cc(C(=O)N2CC[C@H](Oc3ccccc3)[C@@H](CC(=O)N3CCN(C)CC3)C2)cn1. The monoisotopic (exact) mass is 439 g/mol. The number of amides is 2. The van der Waals surface area contributed by atoms with Gasteiger partial charge in [0, 0.05) is 70.8 Å². The second-order valence-corrected chi connectivity index (χ2v) is 8.74. The van der Waals surface area contributed by atoms with Crippen LogP contribution in [0.3, 0.4) is 0 Å². The maximum Gasteiger partial charge on any atom is 0.257 e. The van der Waals surface area contributed by atoms with Gasteiger partial charge in [0.1, 0.15) is 11.9 Å². The average molecular weight is 440 g/mol. The molecular weight excluding hydrogens is 406 g/mol. The standard InChI is InChI=1S/C24H33N5O3/c1-3-29-18-20(16-25-29)24(31)28-10-9-22(32-21-7-5-4-6-8-21)19(17-28)15-23(30)27-13-11-26(2)12-14-27/h4-8,16,18-19,22H,3,9-15,17H2,1-2H3/t19-,22-/m0/s1. The number of benzene rings is 1. The summed E-state index contributed by atoms with van der Waals surface area (Å²) in [5.74, 6) is 0.873. The number of carbonyl (C=O) groups is 2. The second kappa shape index (κ2) is 10.2. The molecule has 2 aliphatic rings. The molecule has 0 aliphatic carbocycles. The molecule has 4 rings (SSSR count). The van der Waals surface area contributed by atoms with Crippen molar-refractivity contribution >= 4 is 11.8 Å². The summed E-state index contributed by atoms with van der Waals surface area (Å²) < 4.78 is 8.05. The lowest BCUT2D eigenvalue weighted by atomic mass is 9.90. The van der Waals surface area contributed by atoms with E-state index in [0.29, 0.717) is 31.5 Å². The lowest BCUT2D eigenvalue weighted by Gasteiger charge is -2.39. The number of likely N-dealkylation sites (tertiary alicyclic amines) is 1. The van der Waals surface area contributed by atoms with Crippen molar-refractivity contribution in [2.24, 2.45) is 5.92 Å². The Morgan fingerprint density at radius 1 is 1.06 bits per heavy atom. The molecule has 32 heavy (non-hydrogen) atoms. The van der Waals surface area contributed by atoms with Crippen LogP contribution in [0, 0.1) is 5.92 Å². The van der Waals surface area contributed by atoms with Crippen molar-refractivity contribution < 1.29 is 14.3 Å². The molecule has 172 valence electrons. The predicted molar refractivity (Wildman–Crippen MR) is 121 cm³/mol. The van der Waals surface area contributed by atoms with Crippen molar-refractivity contribution in [1.82, 2.24) is 24.5 Å². The smallest absolute Gasteiger partial charge is 0.257 e. The van der Waals surface area contributed by atoms with Gasteiger partial charge in [0.05, 0.1) is 11.8 Å². The van der Waals surface area contributed by atoms with Gasteiger partial charge in [0.15, 0.2) is 0 Å². The molecule has 2 aromatic rings. The molecule has 0 N–H and O–H groups in total. The highest BCUT2D eigenvalue weighted by atomic mass is 16.5. The first-order valence-electron chi connectivity index (χ1n) is 11.5. The first kappa shape index (κ1) is 22.3. The molecule has 3 heterocycles. The molecule has 2 aliphatic heterocycles. The molecule has 0 saturated carbocycles. The van der Waals surface area contributed by atoms with E-state index in [1.807, 2.05) is 47.1 Å². The van der Waals surface area contributed by atoms with Crippen LogP contribution in [0.15, 0.2) is 42.7 Å². The van der Waals surface area contributed by atoms with Gasteiger partial charge in [-0.25, -0.2) is 0 Å². The lowest BCUT2D eigenvalue weighted by Crippen LogP contribution is -2.51. The van der Waals surface area contributed by atoms with Crippen LogP contribution in [0.1, 0.15) is 30.1 Å². The highest BCUT2D eigenvalue weighted by molar-refractivity contribution is 5.93. The summed E-state index contributed by atoms with van der Waals surface area (Å²) in [7, 11) is 2.08. The summed E-state index contributed by atoms with van der Waals surface area (Å²) in [4.78, 5) is 32.2. The Bertz CT molecular complexity index is 907. The van der Waals surface area contributed by atoms with E-state index in [1.165, 1.54) is 0 Å². The quantitative estimate of drug-likeness (QED) is 0.688. The number of ether oxygens (including phenoxy) is 1. The molecule has 2 amide bonds. The number of hydrogen-bond donors (Lipinski definition) is 0. The van der Waals surface area contributed by atoms with Crippen LogP contribution >= 0.6 is 0 Å². The number of rotatable bonds is 6. The van der Waals surface area contributed by atoms with E-state index in [0.717, 1.165) is 38.5 Å². The van der Waals surface area contributed by atoms with Crippen LogP contribution in [0.4, 0.5) is 0 Å². The normalized spacial score (nSPS) is 22.1. The van der Waals surface area contributed by atoms with Gasteiger partial charge >= 0.3 is 0 Å². The minimum absolute atomic E-state index is 0.0279. The van der Waals surface area contributed by atoms with Gasteiger partial charge in [-0.1, -0.05) is 18.2 Å². The number of nitrogens with zero attached hydrogens (tertiary/aromatic N) is 5. The van der Waals surface area contributed by atoms with Crippen LogP contribution in [-0.2, 0) is 11.3 Å². The van der Waals surface area contributed by atoms with Crippen LogP contribution < -0.4 is 4.74 Å². The van der Waals surface area contributed by atoms with Crippen LogP contribution in [0.2, 0.25) is 0 Å². The zero-order valence-corrected chi connectivity index (χ0v) is 19.0. The van der Waals surface area contributed by atoms with Crippen LogP contribution in [0.25, 0.3) is 0 Å². The Labute approximate surface area is 189 Å². The molecule has 8 nitrogen and oxygen atoms in total. The third kappa shape index (κ3) is 5.30. The van der Waals surface area contributed by atoms with Crippen molar-refractivity contribution in [3.05, 3.63) is 48.3 Å². The van der Waals surface area contributed by atoms with E-state index in [2.05, 4.69) is 17.0 Å². The number of piperazine rings is 1. The summed E-state index contributed by atoms with van der Waals surface area (Å²) in [5.41, 5.74) is 0.596. The minimum atomic E-state index is -0.101. The van der Waals surface area contributed by atoms with Crippen molar-refractivity contribution in [3.8, 4) is 5.75 Å². The molecule has 2 saturated heterocycles. The Hall–Kier alpha value is -2.87. The number of hydrogen-bond acceptors (Lipinski definition) is 5. The number of aryl methyl sites for hydroxylation is 1. The molecule has 8 heteroatoms. The predicted octanol–water partition coefficient (Wildman–Crippen LogP) is 1.98. The topological polar surface area (TPSA) is 70.9 Å². The van der Waals surface area contributed by atoms with Gasteiger partial charge in [0.25, 0.3) is 5.91 Å². The highest BCUT2D eigenvalue weighted by Gasteiger charge is 2.36. The van der Waals surface area contributed by atoms with E-state index >= 15 is 0 Å².